The normalized spacial score (nSPS) is 12.3. The molecule has 2 heterocycles. The number of nitrogens with zero attached hydrogens (tertiary/aromatic N) is 2. The summed E-state index contributed by atoms with van der Waals surface area (Å²) in [5.74, 6) is 0.733. The molecule has 0 aliphatic carbocycles. The molecule has 69 heavy (non-hydrogen) atoms. The zero-order valence-corrected chi connectivity index (χ0v) is 39.6. The highest BCUT2D eigenvalue weighted by molar-refractivity contribution is 7.04. The molecule has 0 bridgehead atoms. The van der Waals surface area contributed by atoms with Gasteiger partial charge in [0.1, 0.15) is 8.07 Å². The lowest BCUT2D eigenvalue weighted by molar-refractivity contribution is 1.20. The molecule has 0 fully saturated rings. The van der Waals surface area contributed by atoms with Gasteiger partial charge in [-0.05, 0) is 118 Å². The minimum atomic E-state index is -2.16. The fourth-order valence-corrected chi connectivity index (χ4v) is 13.8. The molecule has 0 spiro atoms. The molecular weight excluding hydrogens is 849 g/mol. The van der Waals surface area contributed by atoms with Crippen molar-refractivity contribution in [1.29, 1.82) is 0 Å². The number of rotatable bonds is 9. The second-order valence-electron chi connectivity index (χ2n) is 18.5. The van der Waals surface area contributed by atoms with Gasteiger partial charge in [0.2, 0.25) is 0 Å². The molecule has 3 heteroatoms. The summed E-state index contributed by atoms with van der Waals surface area (Å²) in [4.78, 5) is 11.1. The predicted octanol–water partition coefficient (Wildman–Crippen LogP) is 16.3. The highest BCUT2D eigenvalue weighted by Crippen LogP contribution is 2.50. The minimum Gasteiger partial charge on any atom is -0.228 e. The van der Waals surface area contributed by atoms with Crippen LogP contribution in [-0.2, 0) is 0 Å². The Kier molecular flexibility index (Phi) is 10.7. The molecule has 12 rings (SSSR count). The van der Waals surface area contributed by atoms with Crippen LogP contribution in [0.3, 0.4) is 0 Å². The Balaban J connectivity index is 1.05. The van der Waals surface area contributed by atoms with Gasteiger partial charge in [-0.3, -0.25) is 0 Å². The largest absolute Gasteiger partial charge is 0.228 e. The van der Waals surface area contributed by atoms with Gasteiger partial charge in [-0.1, -0.05) is 244 Å². The number of aromatic nitrogens is 2. The fourth-order valence-electron chi connectivity index (χ4n) is 10.6. The maximum absolute atomic E-state index is 5.58. The molecule has 0 radical (unpaired) electrons. The van der Waals surface area contributed by atoms with Gasteiger partial charge in [-0.2, -0.15) is 0 Å². The van der Waals surface area contributed by atoms with Crippen molar-refractivity contribution in [1.82, 2.24) is 9.97 Å². The molecule has 0 unspecified atom stereocenters. The standard InChI is InChI=1S/C66H48N2Si/c1-69(2)59-40-19-18-39-56(59)64-65(69)63(54-37-21-33-50(42-54)45-23-8-3-9-24-45)67-66(68-64)55-38-22-35-52(43-55)51-34-20-36-53(41-51)58-44-57(46-25-10-4-11-26-46)60(47-27-12-5-13-28-47)62(49-31-16-7-17-32-49)61(58)48-29-14-6-15-30-48/h3-44H,1-2H3. The molecule has 1 aromatic heterocycles. The summed E-state index contributed by atoms with van der Waals surface area (Å²) >= 11 is 0. The lowest BCUT2D eigenvalue weighted by Crippen LogP contribution is -2.50. The van der Waals surface area contributed by atoms with E-state index in [-0.39, 0.29) is 0 Å². The van der Waals surface area contributed by atoms with E-state index < -0.39 is 8.07 Å². The number of benzene rings is 10. The van der Waals surface area contributed by atoms with Gasteiger partial charge in [0.25, 0.3) is 0 Å². The van der Waals surface area contributed by atoms with E-state index in [2.05, 4.69) is 268 Å². The van der Waals surface area contributed by atoms with Crippen molar-refractivity contribution in [3.8, 4) is 112 Å². The van der Waals surface area contributed by atoms with Crippen LogP contribution in [0.1, 0.15) is 0 Å². The van der Waals surface area contributed by atoms with Crippen molar-refractivity contribution in [2.45, 2.75) is 13.1 Å². The average Bonchev–Trinajstić information content (AvgIpc) is 3.66. The first-order chi connectivity index (χ1) is 34.0. The van der Waals surface area contributed by atoms with Crippen LogP contribution in [0.2, 0.25) is 13.1 Å². The molecule has 0 atom stereocenters. The van der Waals surface area contributed by atoms with Gasteiger partial charge in [0, 0.05) is 11.1 Å². The summed E-state index contributed by atoms with van der Waals surface area (Å²) < 4.78 is 0. The smallest absolute Gasteiger partial charge is 0.160 e. The van der Waals surface area contributed by atoms with Crippen molar-refractivity contribution >= 4 is 18.4 Å². The molecule has 0 N–H and O–H groups in total. The molecule has 326 valence electrons. The van der Waals surface area contributed by atoms with Crippen LogP contribution in [0.4, 0.5) is 0 Å². The van der Waals surface area contributed by atoms with Crippen molar-refractivity contribution in [3.05, 3.63) is 255 Å². The zero-order valence-electron chi connectivity index (χ0n) is 38.6. The molecular formula is C66H48N2Si. The monoisotopic (exact) mass is 896 g/mol. The van der Waals surface area contributed by atoms with E-state index in [0.29, 0.717) is 0 Å². The number of hydrogen-bond acceptors (Lipinski definition) is 2. The van der Waals surface area contributed by atoms with Gasteiger partial charge >= 0.3 is 0 Å². The second kappa shape index (κ2) is 17.6. The highest BCUT2D eigenvalue weighted by Gasteiger charge is 2.41. The van der Waals surface area contributed by atoms with E-state index >= 15 is 0 Å². The van der Waals surface area contributed by atoms with Crippen molar-refractivity contribution in [2.75, 3.05) is 0 Å². The van der Waals surface area contributed by atoms with E-state index in [0.717, 1.165) is 45.0 Å². The summed E-state index contributed by atoms with van der Waals surface area (Å²) in [6.45, 7) is 4.89. The molecule has 0 saturated carbocycles. The summed E-state index contributed by atoms with van der Waals surface area (Å²) in [6, 6.07) is 92.2. The summed E-state index contributed by atoms with van der Waals surface area (Å²) in [7, 11) is -2.16. The second-order valence-corrected chi connectivity index (χ2v) is 22.7. The Morgan fingerprint density at radius 3 is 1.22 bits per heavy atom. The van der Waals surface area contributed by atoms with Gasteiger partial charge < -0.3 is 0 Å². The summed E-state index contributed by atoms with van der Waals surface area (Å²) in [5.41, 5.74) is 21.9. The topological polar surface area (TPSA) is 25.8 Å². The first-order valence-corrected chi connectivity index (χ1v) is 26.8. The third-order valence-electron chi connectivity index (χ3n) is 13.9. The van der Waals surface area contributed by atoms with Crippen LogP contribution in [-0.4, -0.2) is 18.0 Å². The SMILES string of the molecule is C[Si]1(C)c2ccccc2-c2nc(-c3cccc(-c4cccc(-c5cc(-c6ccccc6)c(-c6ccccc6)c(-c6ccccc6)c5-c5ccccc5)c4)c3)nc(-c3cccc(-c4ccccc4)c3)c21. The molecule has 1 aliphatic heterocycles. The Hall–Kier alpha value is -8.50. The predicted molar refractivity (Wildman–Crippen MR) is 293 cm³/mol. The third-order valence-corrected chi connectivity index (χ3v) is 17.4. The van der Waals surface area contributed by atoms with Crippen LogP contribution in [0.15, 0.2) is 255 Å². The Morgan fingerprint density at radius 2 is 0.638 bits per heavy atom. The molecule has 11 aromatic rings. The quantitative estimate of drug-likeness (QED) is 0.135. The van der Waals surface area contributed by atoms with Crippen molar-refractivity contribution < 1.29 is 0 Å². The molecule has 2 nitrogen and oxygen atoms in total. The van der Waals surface area contributed by atoms with Crippen LogP contribution in [0, 0.1) is 0 Å². The average molecular weight is 897 g/mol. The van der Waals surface area contributed by atoms with E-state index in [1.54, 1.807) is 0 Å². The Bertz CT molecular complexity index is 3660. The van der Waals surface area contributed by atoms with Crippen LogP contribution in [0.5, 0.6) is 0 Å². The molecule has 0 saturated heterocycles. The number of fused-ring (bicyclic) bond motifs is 3. The van der Waals surface area contributed by atoms with Crippen molar-refractivity contribution in [2.24, 2.45) is 0 Å². The van der Waals surface area contributed by atoms with Crippen molar-refractivity contribution in [3.63, 3.8) is 0 Å². The van der Waals surface area contributed by atoms with Crippen LogP contribution in [0.25, 0.3) is 112 Å². The van der Waals surface area contributed by atoms with Crippen LogP contribution < -0.4 is 10.4 Å². The maximum atomic E-state index is 5.58. The fraction of sp³-hybridized carbons (Fsp3) is 0.0303. The lowest BCUT2D eigenvalue weighted by Gasteiger charge is -2.24. The van der Waals surface area contributed by atoms with E-state index in [1.807, 2.05) is 0 Å². The first kappa shape index (κ1) is 41.9. The molecule has 10 aromatic carbocycles. The van der Waals surface area contributed by atoms with E-state index in [4.69, 9.17) is 9.97 Å². The summed E-state index contributed by atoms with van der Waals surface area (Å²) in [5, 5.41) is 2.72. The minimum absolute atomic E-state index is 0.733. The van der Waals surface area contributed by atoms with E-state index in [1.165, 1.54) is 77.1 Å². The molecule has 1 aliphatic rings. The maximum Gasteiger partial charge on any atom is 0.160 e. The van der Waals surface area contributed by atoms with Gasteiger partial charge in [-0.15, -0.1) is 0 Å². The van der Waals surface area contributed by atoms with E-state index in [9.17, 15) is 0 Å². The third kappa shape index (κ3) is 7.64. The van der Waals surface area contributed by atoms with Crippen LogP contribution >= 0.6 is 0 Å². The lowest BCUT2D eigenvalue weighted by atomic mass is 9.78. The van der Waals surface area contributed by atoms with Gasteiger partial charge in [0.05, 0.1) is 11.4 Å². The Labute approximate surface area is 406 Å². The van der Waals surface area contributed by atoms with Gasteiger partial charge in [-0.25, -0.2) is 9.97 Å². The molecule has 0 amide bonds. The Morgan fingerprint density at radius 1 is 0.261 bits per heavy atom. The zero-order chi connectivity index (χ0) is 46.3. The van der Waals surface area contributed by atoms with Gasteiger partial charge in [0.15, 0.2) is 5.82 Å². The first-order valence-electron chi connectivity index (χ1n) is 23.8. The number of hydrogen-bond donors (Lipinski definition) is 0. The highest BCUT2D eigenvalue weighted by atomic mass is 28.3. The summed E-state index contributed by atoms with van der Waals surface area (Å²) in [6.07, 6.45) is 0.